The van der Waals surface area contributed by atoms with Crippen molar-refractivity contribution in [2.75, 3.05) is 10.6 Å². The van der Waals surface area contributed by atoms with Crippen LogP contribution in [0.1, 0.15) is 25.5 Å². The van der Waals surface area contributed by atoms with Gasteiger partial charge in [0.2, 0.25) is 0 Å². The second-order valence-electron chi connectivity index (χ2n) is 7.52. The summed E-state index contributed by atoms with van der Waals surface area (Å²) in [4.78, 5) is 16.1. The molecular weight excluding hydrogens is 358 g/mol. The molecule has 0 aliphatic carbocycles. The zero-order chi connectivity index (χ0) is 20.2. The van der Waals surface area contributed by atoms with Crippen LogP contribution >= 0.6 is 0 Å². The number of aromatic amines is 1. The fourth-order valence-corrected chi connectivity index (χ4v) is 3.63. The molecule has 0 saturated carbocycles. The molecule has 0 saturated heterocycles. The summed E-state index contributed by atoms with van der Waals surface area (Å²) in [6.45, 7) is 4.31. The number of hydrogen-bond acceptors (Lipinski definition) is 3. The normalized spacial score (nSPS) is 12.1. The van der Waals surface area contributed by atoms with E-state index in [1.807, 2.05) is 72.8 Å². The first-order chi connectivity index (χ1) is 14.1. The highest BCUT2D eigenvalue weighted by molar-refractivity contribution is 5.99. The van der Waals surface area contributed by atoms with Crippen LogP contribution in [0.15, 0.2) is 89.7 Å². The maximum Gasteiger partial charge on any atom is 0.273 e. The highest BCUT2D eigenvalue weighted by Gasteiger charge is 2.20. The second-order valence-corrected chi connectivity index (χ2v) is 7.52. The lowest BCUT2D eigenvalue weighted by Crippen LogP contribution is -2.23. The summed E-state index contributed by atoms with van der Waals surface area (Å²) in [5.74, 6) is 0.299. The van der Waals surface area contributed by atoms with Crippen molar-refractivity contribution in [3.05, 3.63) is 101 Å². The van der Waals surface area contributed by atoms with Gasteiger partial charge in [-0.15, -0.1) is 0 Å². The van der Waals surface area contributed by atoms with Crippen LogP contribution in [0.5, 0.6) is 0 Å². The van der Waals surface area contributed by atoms with Crippen LogP contribution in [0.4, 0.5) is 17.1 Å². The van der Waals surface area contributed by atoms with E-state index in [9.17, 15) is 4.79 Å². The van der Waals surface area contributed by atoms with Crippen LogP contribution in [0.3, 0.4) is 0 Å². The predicted octanol–water partition coefficient (Wildman–Crippen LogP) is 6.08. The zero-order valence-corrected chi connectivity index (χ0v) is 16.6. The molecule has 0 unspecified atom stereocenters. The Bertz CT molecular complexity index is 1150. The van der Waals surface area contributed by atoms with Gasteiger partial charge in [-0.1, -0.05) is 80.6 Å². The number of para-hydroxylation sites is 2. The summed E-state index contributed by atoms with van der Waals surface area (Å²) < 4.78 is 0. The molecule has 4 nitrogen and oxygen atoms in total. The minimum absolute atomic E-state index is 0.00906. The molecule has 146 valence electrons. The molecule has 1 heterocycles. The molecule has 1 aromatic heterocycles. The van der Waals surface area contributed by atoms with Crippen molar-refractivity contribution in [2.24, 2.45) is 5.92 Å². The molecule has 4 rings (SSSR count). The summed E-state index contributed by atoms with van der Waals surface area (Å²) in [6, 6.07) is 28.0. The van der Waals surface area contributed by atoms with Gasteiger partial charge in [0.1, 0.15) is 5.69 Å². The molecule has 4 aromatic rings. The molecule has 0 spiro atoms. The van der Waals surface area contributed by atoms with Crippen LogP contribution in [-0.2, 0) is 0 Å². The van der Waals surface area contributed by atoms with Crippen molar-refractivity contribution >= 4 is 28.0 Å². The predicted molar refractivity (Wildman–Crippen MR) is 122 cm³/mol. The van der Waals surface area contributed by atoms with Crippen molar-refractivity contribution in [1.29, 1.82) is 0 Å². The molecule has 3 N–H and O–H groups in total. The molecule has 0 aliphatic heterocycles. The number of anilines is 3. The number of aromatic nitrogens is 1. The average molecular weight is 383 g/mol. The molecule has 1 atom stereocenters. The van der Waals surface area contributed by atoms with Crippen LogP contribution in [0.25, 0.3) is 10.9 Å². The Balaban J connectivity index is 1.85. The number of fused-ring (bicyclic) bond motifs is 1. The molecule has 29 heavy (non-hydrogen) atoms. The Hall–Kier alpha value is -3.53. The number of benzene rings is 3. The third kappa shape index (κ3) is 4.02. The molecule has 0 fully saturated rings. The first-order valence-electron chi connectivity index (χ1n) is 9.92. The van der Waals surface area contributed by atoms with E-state index in [1.54, 1.807) is 0 Å². The van der Waals surface area contributed by atoms with E-state index >= 15 is 0 Å². The van der Waals surface area contributed by atoms with Gasteiger partial charge in [0.05, 0.1) is 17.2 Å². The fourth-order valence-electron chi connectivity index (χ4n) is 3.63. The zero-order valence-electron chi connectivity index (χ0n) is 16.6. The second kappa shape index (κ2) is 8.23. The number of rotatable bonds is 6. The highest BCUT2D eigenvalue weighted by atomic mass is 16.1. The van der Waals surface area contributed by atoms with Crippen LogP contribution < -0.4 is 16.2 Å². The smallest absolute Gasteiger partial charge is 0.273 e. The Labute approximate surface area is 170 Å². The SMILES string of the molecule is CC(C)[C@H](Nc1c(Nc2ccccc2)c2ccccc2[nH]c1=O)c1ccccc1. The molecule has 3 aromatic carbocycles. The standard InChI is InChI=1S/C25H25N3O/c1-17(2)22(18-11-5-3-6-12-18)28-24-23(26-19-13-7-4-8-14-19)20-15-9-10-16-21(20)27-25(24)29/h3-17,22,28H,1-2H3,(H2,26,27,29)/t22-/m0/s1. The van der Waals surface area contributed by atoms with Crippen molar-refractivity contribution in [1.82, 2.24) is 4.98 Å². The van der Waals surface area contributed by atoms with E-state index in [0.29, 0.717) is 11.6 Å². The number of hydrogen-bond donors (Lipinski definition) is 3. The minimum Gasteiger partial charge on any atom is -0.372 e. The Kier molecular flexibility index (Phi) is 5.34. The molecule has 0 radical (unpaired) electrons. The van der Waals surface area contributed by atoms with E-state index in [-0.39, 0.29) is 11.6 Å². The van der Waals surface area contributed by atoms with Crippen molar-refractivity contribution < 1.29 is 0 Å². The largest absolute Gasteiger partial charge is 0.372 e. The van der Waals surface area contributed by atoms with Gasteiger partial charge in [0, 0.05) is 11.1 Å². The Morgan fingerprint density at radius 1 is 0.759 bits per heavy atom. The number of pyridine rings is 1. The molecule has 0 aliphatic rings. The van der Waals surface area contributed by atoms with Gasteiger partial charge in [0.15, 0.2) is 0 Å². The minimum atomic E-state index is -0.135. The van der Waals surface area contributed by atoms with Crippen LogP contribution in [0, 0.1) is 5.92 Å². The van der Waals surface area contributed by atoms with Crippen LogP contribution in [0.2, 0.25) is 0 Å². The monoisotopic (exact) mass is 383 g/mol. The maximum absolute atomic E-state index is 13.1. The van der Waals surface area contributed by atoms with E-state index in [0.717, 1.165) is 27.8 Å². The Morgan fingerprint density at radius 3 is 2.07 bits per heavy atom. The van der Waals surface area contributed by atoms with Gasteiger partial charge < -0.3 is 15.6 Å². The topological polar surface area (TPSA) is 56.9 Å². The number of H-pyrrole nitrogens is 1. The van der Waals surface area contributed by atoms with Gasteiger partial charge in [-0.2, -0.15) is 0 Å². The van der Waals surface area contributed by atoms with Gasteiger partial charge in [-0.3, -0.25) is 4.79 Å². The molecule has 0 amide bonds. The van der Waals surface area contributed by atoms with Gasteiger partial charge in [-0.05, 0) is 29.7 Å². The van der Waals surface area contributed by atoms with E-state index in [4.69, 9.17) is 0 Å². The first-order valence-corrected chi connectivity index (χ1v) is 9.92. The lowest BCUT2D eigenvalue weighted by Gasteiger charge is -2.26. The highest BCUT2D eigenvalue weighted by Crippen LogP contribution is 2.34. The first kappa shape index (κ1) is 18.8. The Morgan fingerprint density at radius 2 is 1.38 bits per heavy atom. The average Bonchev–Trinajstić information content (AvgIpc) is 2.74. The quantitative estimate of drug-likeness (QED) is 0.378. The van der Waals surface area contributed by atoms with E-state index in [1.165, 1.54) is 0 Å². The summed E-state index contributed by atoms with van der Waals surface area (Å²) in [5, 5.41) is 7.97. The third-order valence-electron chi connectivity index (χ3n) is 5.09. The van der Waals surface area contributed by atoms with E-state index < -0.39 is 0 Å². The van der Waals surface area contributed by atoms with Crippen LogP contribution in [-0.4, -0.2) is 4.98 Å². The van der Waals surface area contributed by atoms with E-state index in [2.05, 4.69) is 41.6 Å². The molecule has 4 heteroatoms. The molecule has 0 bridgehead atoms. The summed E-state index contributed by atoms with van der Waals surface area (Å²) in [6.07, 6.45) is 0. The maximum atomic E-state index is 13.1. The van der Waals surface area contributed by atoms with Crippen molar-refractivity contribution in [3.8, 4) is 0 Å². The van der Waals surface area contributed by atoms with Crippen molar-refractivity contribution in [2.45, 2.75) is 19.9 Å². The van der Waals surface area contributed by atoms with Gasteiger partial charge in [-0.25, -0.2) is 0 Å². The van der Waals surface area contributed by atoms with Crippen molar-refractivity contribution in [3.63, 3.8) is 0 Å². The molecular formula is C25H25N3O. The lowest BCUT2D eigenvalue weighted by atomic mass is 9.95. The lowest BCUT2D eigenvalue weighted by molar-refractivity contribution is 0.546. The summed E-state index contributed by atoms with van der Waals surface area (Å²) >= 11 is 0. The third-order valence-corrected chi connectivity index (χ3v) is 5.09. The number of nitrogens with one attached hydrogen (secondary N) is 3. The van der Waals surface area contributed by atoms with Gasteiger partial charge >= 0.3 is 0 Å². The van der Waals surface area contributed by atoms with Gasteiger partial charge in [0.25, 0.3) is 5.56 Å². The fraction of sp³-hybridized carbons (Fsp3) is 0.160. The summed E-state index contributed by atoms with van der Waals surface area (Å²) in [5.41, 5.74) is 4.10. The summed E-state index contributed by atoms with van der Waals surface area (Å²) in [7, 11) is 0.